The van der Waals surface area contributed by atoms with Crippen LogP contribution in [0.1, 0.15) is 139 Å². The predicted octanol–water partition coefficient (Wildman–Crippen LogP) is 22.5. The lowest BCUT2D eigenvalue weighted by atomic mass is 9.72. The molecule has 2 saturated carbocycles. The van der Waals surface area contributed by atoms with E-state index in [4.69, 9.17) is 17.2 Å². The number of amides is 4. The van der Waals surface area contributed by atoms with Gasteiger partial charge in [0, 0.05) is 24.7 Å². The average Bonchev–Trinajstić information content (AvgIpc) is 1.11. The van der Waals surface area contributed by atoms with Crippen LogP contribution < -0.4 is 17.2 Å². The Hall–Kier alpha value is -8.74. The summed E-state index contributed by atoms with van der Waals surface area (Å²) < 4.78 is 118. The summed E-state index contributed by atoms with van der Waals surface area (Å²) in [4.78, 5) is 55.5. The van der Waals surface area contributed by atoms with E-state index in [0.717, 1.165) is 139 Å². The van der Waals surface area contributed by atoms with Gasteiger partial charge in [-0.2, -0.15) is 0 Å². The molecule has 9 nitrogen and oxygen atoms in total. The number of piperidine rings is 1. The number of thiazole rings is 1. The molecule has 1 aliphatic heterocycles. The summed E-state index contributed by atoms with van der Waals surface area (Å²) in [6.45, 7) is 1.36. The largest absolute Gasteiger partial charge is 0.360 e. The van der Waals surface area contributed by atoms with Gasteiger partial charge in [0.25, 0.3) is 21.0 Å². The molecule has 10 aromatic rings. The third-order valence-electron chi connectivity index (χ3n) is 19.1. The van der Waals surface area contributed by atoms with Crippen LogP contribution in [0.15, 0.2) is 230 Å². The Labute approximate surface area is 625 Å². The number of nitrogens with two attached hydrogens (primary N) is 3. The van der Waals surface area contributed by atoms with Crippen molar-refractivity contribution >= 4 is 79.3 Å². The summed E-state index contributed by atoms with van der Waals surface area (Å²) in [5.41, 5.74) is 22.9. The van der Waals surface area contributed by atoms with Gasteiger partial charge in [-0.05, 0) is 263 Å². The van der Waals surface area contributed by atoms with Crippen LogP contribution in [-0.4, -0.2) is 43.9 Å². The SMILES string of the molecule is NC(=O)SC(c1ccc(F)cc1)(c1ccc(F)cc1)C1CCCCC1.NC(=O)SC(c1ccc(F)cc1)(c1ccc(F)cc1)c1ccc(F)cc1.NC(=O)SC(c1ccc(F)cc1)(c1nccs1)C1CCCCC1.O=C(SC(c1ccc(F)cc1)(c1ccc(F)cc1)c1ccc(F)cc1)N1CCCCC1. The minimum absolute atomic E-state index is 0.113. The normalized spacial score (nSPS) is 14.9. The molecule has 3 aliphatic rings. The fourth-order valence-corrected chi connectivity index (χ4v) is 20.1. The predicted molar refractivity (Wildman–Crippen MR) is 404 cm³/mol. The molecule has 13 rings (SSSR count). The molecule has 546 valence electrons. The number of carbonyl (C=O) groups excluding carboxylic acids is 4. The van der Waals surface area contributed by atoms with Crippen LogP contribution >= 0.6 is 58.4 Å². The lowest BCUT2D eigenvalue weighted by molar-refractivity contribution is 0.211. The van der Waals surface area contributed by atoms with Crippen molar-refractivity contribution in [1.82, 2.24) is 9.88 Å². The Kier molecular flexibility index (Phi) is 27.4. The number of benzene rings is 9. The van der Waals surface area contributed by atoms with Crippen LogP contribution in [0.4, 0.5) is 58.7 Å². The molecular formula is C82H76F9N5O4S5. The van der Waals surface area contributed by atoms with Crippen LogP contribution in [-0.2, 0) is 19.0 Å². The first-order valence-corrected chi connectivity index (χ1v) is 38.4. The topological polar surface area (TPSA) is 162 Å². The maximum absolute atomic E-state index is 13.8. The second-order valence-corrected chi connectivity index (χ2v) is 31.4. The summed E-state index contributed by atoms with van der Waals surface area (Å²) in [6.07, 6.45) is 15.5. The molecule has 2 aliphatic carbocycles. The van der Waals surface area contributed by atoms with Gasteiger partial charge >= 0.3 is 0 Å². The van der Waals surface area contributed by atoms with Crippen molar-refractivity contribution in [1.29, 1.82) is 0 Å². The van der Waals surface area contributed by atoms with Crippen LogP contribution in [0, 0.1) is 64.2 Å². The molecule has 4 amide bonds. The van der Waals surface area contributed by atoms with Crippen molar-refractivity contribution in [3.63, 3.8) is 0 Å². The highest BCUT2D eigenvalue weighted by Gasteiger charge is 2.48. The quantitative estimate of drug-likeness (QED) is 0.0631. The minimum Gasteiger partial charge on any atom is -0.360 e. The number of likely N-dealkylation sites (tertiary alicyclic amines) is 1. The summed E-state index contributed by atoms with van der Waals surface area (Å²) in [5, 5.41) is 1.09. The monoisotopic (exact) mass is 1530 g/mol. The highest BCUT2D eigenvalue weighted by molar-refractivity contribution is 8.15. The van der Waals surface area contributed by atoms with E-state index < -0.39 is 69.6 Å². The summed E-state index contributed by atoms with van der Waals surface area (Å²) in [6, 6.07) is 53.4. The van der Waals surface area contributed by atoms with E-state index in [0.29, 0.717) is 46.5 Å². The molecule has 0 spiro atoms. The molecule has 9 aromatic carbocycles. The first kappa shape index (κ1) is 78.8. The highest BCUT2D eigenvalue weighted by atomic mass is 32.2. The summed E-state index contributed by atoms with van der Waals surface area (Å²) in [7, 11) is 0. The molecule has 2 heterocycles. The minimum atomic E-state index is -1.18. The zero-order chi connectivity index (χ0) is 74.7. The van der Waals surface area contributed by atoms with E-state index in [2.05, 4.69) is 4.98 Å². The fourth-order valence-electron chi connectivity index (χ4n) is 14.3. The number of carbonyl (C=O) groups is 4. The van der Waals surface area contributed by atoms with Crippen molar-refractivity contribution in [2.45, 2.75) is 102 Å². The molecule has 23 heteroatoms. The number of thioether (sulfide) groups is 4. The van der Waals surface area contributed by atoms with Crippen LogP contribution in [0.25, 0.3) is 0 Å². The van der Waals surface area contributed by atoms with Gasteiger partial charge in [0.2, 0.25) is 0 Å². The van der Waals surface area contributed by atoms with E-state index in [9.17, 15) is 58.7 Å². The van der Waals surface area contributed by atoms with Gasteiger partial charge in [-0.3, -0.25) is 19.2 Å². The number of halogens is 9. The first-order valence-electron chi connectivity index (χ1n) is 34.2. The second-order valence-electron chi connectivity index (χ2n) is 25.6. The van der Waals surface area contributed by atoms with E-state index in [-0.39, 0.29) is 34.5 Å². The number of rotatable bonds is 16. The highest BCUT2D eigenvalue weighted by Crippen LogP contribution is 2.56. The number of nitrogens with zero attached hydrogens (tertiary/aromatic N) is 2. The molecule has 1 saturated heterocycles. The fraction of sp³-hybridized carbons (Fsp3) is 0.256. The van der Waals surface area contributed by atoms with E-state index in [1.807, 2.05) is 10.3 Å². The van der Waals surface area contributed by atoms with Gasteiger partial charge in [0.1, 0.15) is 71.6 Å². The van der Waals surface area contributed by atoms with Crippen molar-refractivity contribution in [2.24, 2.45) is 29.0 Å². The van der Waals surface area contributed by atoms with Crippen molar-refractivity contribution in [3.05, 3.63) is 337 Å². The molecule has 1 atom stereocenters. The maximum Gasteiger partial charge on any atom is 0.283 e. The molecule has 0 bridgehead atoms. The van der Waals surface area contributed by atoms with Gasteiger partial charge < -0.3 is 22.1 Å². The zero-order valence-electron chi connectivity index (χ0n) is 56.9. The van der Waals surface area contributed by atoms with E-state index in [1.54, 1.807) is 79.0 Å². The van der Waals surface area contributed by atoms with Crippen LogP contribution in [0.5, 0.6) is 0 Å². The summed E-state index contributed by atoms with van der Waals surface area (Å²) in [5.74, 6) is -3.02. The third-order valence-corrected chi connectivity index (χ3v) is 25.4. The van der Waals surface area contributed by atoms with E-state index >= 15 is 0 Å². The van der Waals surface area contributed by atoms with Gasteiger partial charge in [0.05, 0.1) is 4.75 Å². The molecule has 1 aromatic heterocycles. The first-order chi connectivity index (χ1) is 50.5. The van der Waals surface area contributed by atoms with Crippen molar-refractivity contribution < 1.29 is 58.7 Å². The number of hydrogen-bond acceptors (Lipinski definition) is 10. The maximum atomic E-state index is 13.8. The molecule has 6 N–H and O–H groups in total. The standard InChI is InChI=1S/C25H22F3NOS.C20H14F3NOS.C20H21F2NOS.C17H19FN2OS2/c26-21-10-4-18(5-11-21)25(19-6-12-22(27)13-7-19,20-8-14-23(28)15-9-20)31-24(30)29-16-2-1-3-17-29;21-16-7-1-13(2-8-16)20(26-19(24)25,14-3-9-17(22)10-4-14)15-5-11-18(23)12-6-15;21-17-10-6-15(7-11-17)20(25-19(23)24,14-4-2-1-3-5-14)16-8-12-18(22)13-9-16;18-14-8-6-13(7-9-14)17(23-16(19)21,15-20-10-11-22-15)12-4-2-1-3-5-12/h4-15H,1-3,16-17H2;1-12H,(H2,24,25);6-14H,1-5H2,(H2,23,24);6-12H,1-5H2,(H2,19,21). The Morgan fingerprint density at radius 2 is 0.562 bits per heavy atom. The third kappa shape index (κ3) is 19.1. The Morgan fingerprint density at radius 1 is 0.324 bits per heavy atom. The summed E-state index contributed by atoms with van der Waals surface area (Å²) >= 11 is 5.62. The molecule has 105 heavy (non-hydrogen) atoms. The number of primary amides is 3. The van der Waals surface area contributed by atoms with Crippen molar-refractivity contribution in [2.75, 3.05) is 13.1 Å². The lowest BCUT2D eigenvalue weighted by Crippen LogP contribution is -2.37. The van der Waals surface area contributed by atoms with Gasteiger partial charge in [-0.15, -0.1) is 11.3 Å². The molecule has 0 radical (unpaired) electrons. The number of aromatic nitrogens is 1. The van der Waals surface area contributed by atoms with Gasteiger partial charge in [-0.25, -0.2) is 44.5 Å². The molecular weight excluding hydrogens is 1450 g/mol. The molecule has 1 unspecified atom stereocenters. The molecule has 3 fully saturated rings. The average molecular weight is 1530 g/mol. The zero-order valence-corrected chi connectivity index (χ0v) is 61.0. The van der Waals surface area contributed by atoms with Gasteiger partial charge in [-0.1, -0.05) is 148 Å². The Morgan fingerprint density at radius 3 is 0.829 bits per heavy atom. The van der Waals surface area contributed by atoms with Crippen LogP contribution in [0.2, 0.25) is 0 Å². The lowest BCUT2D eigenvalue weighted by Gasteiger charge is -2.42. The van der Waals surface area contributed by atoms with Crippen molar-refractivity contribution in [3.8, 4) is 0 Å². The smallest absolute Gasteiger partial charge is 0.283 e. The Bertz CT molecular complexity index is 4190. The van der Waals surface area contributed by atoms with E-state index in [1.165, 1.54) is 170 Å². The second kappa shape index (κ2) is 36.5. The number of hydrogen-bond donors (Lipinski definition) is 3. The van der Waals surface area contributed by atoms with Crippen LogP contribution in [0.3, 0.4) is 0 Å². The van der Waals surface area contributed by atoms with Gasteiger partial charge in [0.15, 0.2) is 0 Å². The Balaban J connectivity index is 0.000000151.